The molecule has 0 bridgehead atoms. The SMILES string of the molecule is Cc1nc(N2CCC[C@H](c3nccn3CCN(C)C)C2)c2ccsc2n1. The number of thiophene rings is 1. The summed E-state index contributed by atoms with van der Waals surface area (Å²) in [6.07, 6.45) is 6.41. The van der Waals surface area contributed by atoms with Crippen LogP contribution in [0.5, 0.6) is 0 Å². The lowest BCUT2D eigenvalue weighted by Gasteiger charge is -2.34. The number of hydrogen-bond donors (Lipinski definition) is 0. The highest BCUT2D eigenvalue weighted by molar-refractivity contribution is 7.16. The first-order valence-corrected chi connectivity index (χ1v) is 10.1. The van der Waals surface area contributed by atoms with Crippen molar-refractivity contribution in [2.45, 2.75) is 32.2 Å². The second-order valence-electron chi connectivity index (χ2n) is 7.30. The Hall–Kier alpha value is -1.99. The Bertz CT molecular complexity index is 883. The van der Waals surface area contributed by atoms with Crippen molar-refractivity contribution in [2.24, 2.45) is 0 Å². The molecule has 1 saturated heterocycles. The summed E-state index contributed by atoms with van der Waals surface area (Å²) >= 11 is 1.69. The number of aryl methyl sites for hydroxylation is 1. The highest BCUT2D eigenvalue weighted by Gasteiger charge is 2.27. The van der Waals surface area contributed by atoms with E-state index in [-0.39, 0.29) is 0 Å². The lowest BCUT2D eigenvalue weighted by molar-refractivity contribution is 0.373. The van der Waals surface area contributed by atoms with Gasteiger partial charge in [0.05, 0.1) is 5.39 Å². The summed E-state index contributed by atoms with van der Waals surface area (Å²) in [6.45, 7) is 6.02. The van der Waals surface area contributed by atoms with Crippen LogP contribution in [-0.4, -0.2) is 58.1 Å². The maximum Gasteiger partial charge on any atom is 0.141 e. The van der Waals surface area contributed by atoms with Crippen molar-refractivity contribution in [3.63, 3.8) is 0 Å². The van der Waals surface area contributed by atoms with Crippen molar-refractivity contribution in [2.75, 3.05) is 38.6 Å². The summed E-state index contributed by atoms with van der Waals surface area (Å²) in [5.41, 5.74) is 0. The lowest BCUT2D eigenvalue weighted by atomic mass is 9.97. The van der Waals surface area contributed by atoms with Crippen molar-refractivity contribution in [3.8, 4) is 0 Å². The second kappa shape index (κ2) is 7.32. The van der Waals surface area contributed by atoms with E-state index in [4.69, 9.17) is 9.97 Å². The lowest BCUT2D eigenvalue weighted by Crippen LogP contribution is -2.36. The monoisotopic (exact) mass is 370 g/mol. The number of hydrogen-bond acceptors (Lipinski definition) is 6. The Morgan fingerprint density at radius 2 is 2.19 bits per heavy atom. The fourth-order valence-electron chi connectivity index (χ4n) is 3.74. The minimum absolute atomic E-state index is 0.449. The molecule has 0 aliphatic carbocycles. The minimum atomic E-state index is 0.449. The molecular weight excluding hydrogens is 344 g/mol. The van der Waals surface area contributed by atoms with Gasteiger partial charge in [0.1, 0.15) is 22.3 Å². The molecule has 3 aromatic rings. The molecule has 1 fully saturated rings. The number of aromatic nitrogens is 4. The van der Waals surface area contributed by atoms with Crippen molar-refractivity contribution in [3.05, 3.63) is 35.5 Å². The largest absolute Gasteiger partial charge is 0.355 e. The Kier molecular flexibility index (Phi) is 4.91. The number of fused-ring (bicyclic) bond motifs is 1. The zero-order chi connectivity index (χ0) is 18.1. The summed E-state index contributed by atoms with van der Waals surface area (Å²) in [7, 11) is 4.23. The first kappa shape index (κ1) is 17.4. The third-order valence-electron chi connectivity index (χ3n) is 5.04. The van der Waals surface area contributed by atoms with Crippen molar-refractivity contribution in [1.82, 2.24) is 24.4 Å². The molecule has 6 nitrogen and oxygen atoms in total. The molecule has 0 radical (unpaired) electrons. The van der Waals surface area contributed by atoms with E-state index < -0.39 is 0 Å². The van der Waals surface area contributed by atoms with Gasteiger partial charge in [-0.25, -0.2) is 15.0 Å². The molecule has 4 heterocycles. The summed E-state index contributed by atoms with van der Waals surface area (Å²) in [5, 5.41) is 3.29. The third-order valence-corrected chi connectivity index (χ3v) is 5.85. The number of imidazole rings is 1. The van der Waals surface area contributed by atoms with Gasteiger partial charge in [0.15, 0.2) is 0 Å². The van der Waals surface area contributed by atoms with Crippen LogP contribution in [0.25, 0.3) is 10.2 Å². The van der Waals surface area contributed by atoms with Gasteiger partial charge in [-0.1, -0.05) is 0 Å². The molecule has 4 rings (SSSR count). The van der Waals surface area contributed by atoms with Crippen LogP contribution in [0.2, 0.25) is 0 Å². The Balaban J connectivity index is 1.58. The minimum Gasteiger partial charge on any atom is -0.355 e. The van der Waals surface area contributed by atoms with Gasteiger partial charge < -0.3 is 14.4 Å². The fourth-order valence-corrected chi connectivity index (χ4v) is 4.55. The predicted molar refractivity (Wildman–Crippen MR) is 107 cm³/mol. The maximum atomic E-state index is 4.78. The standard InChI is InChI=1S/C19H26N6S/c1-14-21-18(16-6-12-26-19(16)22-14)25-8-4-5-15(13-25)17-20-7-9-24(17)11-10-23(2)3/h6-7,9,12,15H,4-5,8,10-11,13H2,1-3H3/t15-/m0/s1. The number of nitrogens with zero attached hydrogens (tertiary/aromatic N) is 6. The van der Waals surface area contributed by atoms with Gasteiger partial charge in [-0.15, -0.1) is 11.3 Å². The Morgan fingerprint density at radius 3 is 3.04 bits per heavy atom. The van der Waals surface area contributed by atoms with Crippen LogP contribution in [0.1, 0.15) is 30.4 Å². The van der Waals surface area contributed by atoms with Gasteiger partial charge in [0.25, 0.3) is 0 Å². The smallest absolute Gasteiger partial charge is 0.141 e. The van der Waals surface area contributed by atoms with Crippen molar-refractivity contribution >= 4 is 27.4 Å². The number of piperidine rings is 1. The molecule has 0 unspecified atom stereocenters. The maximum absolute atomic E-state index is 4.78. The molecule has 1 atom stereocenters. The van der Waals surface area contributed by atoms with E-state index in [1.807, 2.05) is 13.1 Å². The zero-order valence-corrected chi connectivity index (χ0v) is 16.5. The van der Waals surface area contributed by atoms with Crippen LogP contribution >= 0.6 is 11.3 Å². The molecule has 0 spiro atoms. The quantitative estimate of drug-likeness (QED) is 0.691. The van der Waals surface area contributed by atoms with Crippen LogP contribution < -0.4 is 4.90 Å². The number of rotatable bonds is 5. The summed E-state index contributed by atoms with van der Waals surface area (Å²) in [6, 6.07) is 2.15. The summed E-state index contributed by atoms with van der Waals surface area (Å²) in [4.78, 5) is 19.8. The third kappa shape index (κ3) is 3.46. The molecule has 1 aliphatic rings. The normalized spacial score (nSPS) is 18.2. The molecule has 1 aliphatic heterocycles. The fraction of sp³-hybridized carbons (Fsp3) is 0.526. The molecule has 7 heteroatoms. The van der Waals surface area contributed by atoms with Crippen LogP contribution in [0.15, 0.2) is 23.8 Å². The van der Waals surface area contributed by atoms with Crippen molar-refractivity contribution < 1.29 is 0 Å². The summed E-state index contributed by atoms with van der Waals surface area (Å²) in [5.74, 6) is 3.60. The summed E-state index contributed by atoms with van der Waals surface area (Å²) < 4.78 is 2.32. The van der Waals surface area contributed by atoms with E-state index in [0.29, 0.717) is 5.92 Å². The molecule has 0 aromatic carbocycles. The number of anilines is 1. The molecule has 0 N–H and O–H groups in total. The van der Waals surface area contributed by atoms with E-state index in [1.54, 1.807) is 11.3 Å². The van der Waals surface area contributed by atoms with Crippen molar-refractivity contribution in [1.29, 1.82) is 0 Å². The van der Waals surface area contributed by atoms with E-state index in [1.165, 1.54) is 24.1 Å². The first-order valence-electron chi connectivity index (χ1n) is 9.24. The molecule has 0 saturated carbocycles. The van der Waals surface area contributed by atoms with E-state index in [0.717, 1.165) is 42.7 Å². The van der Waals surface area contributed by atoms with E-state index >= 15 is 0 Å². The van der Waals surface area contributed by atoms with Crippen LogP contribution in [0.3, 0.4) is 0 Å². The van der Waals surface area contributed by atoms with Crippen LogP contribution in [0, 0.1) is 6.92 Å². The van der Waals surface area contributed by atoms with Crippen LogP contribution in [-0.2, 0) is 6.54 Å². The average molecular weight is 371 g/mol. The molecule has 0 amide bonds. The van der Waals surface area contributed by atoms with Gasteiger partial charge in [-0.3, -0.25) is 0 Å². The van der Waals surface area contributed by atoms with Gasteiger partial charge in [0.2, 0.25) is 0 Å². The second-order valence-corrected chi connectivity index (χ2v) is 8.20. The zero-order valence-electron chi connectivity index (χ0n) is 15.7. The Labute approximate surface area is 158 Å². The van der Waals surface area contributed by atoms with E-state index in [9.17, 15) is 0 Å². The van der Waals surface area contributed by atoms with Gasteiger partial charge in [0, 0.05) is 44.5 Å². The highest BCUT2D eigenvalue weighted by atomic mass is 32.1. The molecule has 26 heavy (non-hydrogen) atoms. The average Bonchev–Trinajstić information content (AvgIpc) is 3.28. The first-order chi connectivity index (χ1) is 12.6. The van der Waals surface area contributed by atoms with Gasteiger partial charge >= 0.3 is 0 Å². The predicted octanol–water partition coefficient (Wildman–Crippen LogP) is 3.14. The molecular formula is C19H26N6S. The molecule has 3 aromatic heterocycles. The van der Waals surface area contributed by atoms with Gasteiger partial charge in [-0.05, 0) is 45.3 Å². The van der Waals surface area contributed by atoms with Gasteiger partial charge in [-0.2, -0.15) is 0 Å². The number of likely N-dealkylation sites (N-methyl/N-ethyl adjacent to an activating group) is 1. The molecule has 138 valence electrons. The Morgan fingerprint density at radius 1 is 1.31 bits per heavy atom. The highest BCUT2D eigenvalue weighted by Crippen LogP contribution is 2.33. The van der Waals surface area contributed by atoms with Crippen LogP contribution in [0.4, 0.5) is 5.82 Å². The van der Waals surface area contributed by atoms with E-state index in [2.05, 4.69) is 51.1 Å². The topological polar surface area (TPSA) is 50.1 Å².